The SMILES string of the molecule is COc1cc(/C=N/NC(=O)C2COc3ccc(C(C)(C)C)cc3O2)cc(OC)c1O. The summed E-state index contributed by atoms with van der Waals surface area (Å²) < 4.78 is 21.7. The van der Waals surface area contributed by atoms with Crippen LogP contribution >= 0.6 is 0 Å². The van der Waals surface area contributed by atoms with E-state index in [0.29, 0.717) is 17.1 Å². The molecule has 30 heavy (non-hydrogen) atoms. The highest BCUT2D eigenvalue weighted by atomic mass is 16.6. The third-order valence-electron chi connectivity index (χ3n) is 4.65. The number of hydrogen-bond acceptors (Lipinski definition) is 7. The zero-order valence-corrected chi connectivity index (χ0v) is 17.7. The molecule has 3 rings (SSSR count). The highest BCUT2D eigenvalue weighted by molar-refractivity contribution is 5.86. The Hall–Kier alpha value is -3.42. The van der Waals surface area contributed by atoms with Crippen molar-refractivity contribution in [2.75, 3.05) is 20.8 Å². The third kappa shape index (κ3) is 4.59. The number of hydrogen-bond donors (Lipinski definition) is 2. The Bertz CT molecular complexity index is 940. The quantitative estimate of drug-likeness (QED) is 0.577. The fourth-order valence-corrected chi connectivity index (χ4v) is 2.90. The average molecular weight is 414 g/mol. The van der Waals surface area contributed by atoms with Gasteiger partial charge in [-0.05, 0) is 35.2 Å². The predicted octanol–water partition coefficient (Wildman–Crippen LogP) is 3.00. The largest absolute Gasteiger partial charge is 0.502 e. The van der Waals surface area contributed by atoms with Crippen LogP contribution in [0.1, 0.15) is 31.9 Å². The Kier molecular flexibility index (Phi) is 6.05. The van der Waals surface area contributed by atoms with E-state index in [1.54, 1.807) is 12.1 Å². The van der Waals surface area contributed by atoms with Crippen LogP contribution < -0.4 is 24.4 Å². The average Bonchev–Trinajstić information content (AvgIpc) is 2.73. The number of carbonyl (C=O) groups is 1. The third-order valence-corrected chi connectivity index (χ3v) is 4.65. The van der Waals surface area contributed by atoms with Gasteiger partial charge < -0.3 is 24.1 Å². The molecule has 2 N–H and O–H groups in total. The van der Waals surface area contributed by atoms with Crippen molar-refractivity contribution in [3.63, 3.8) is 0 Å². The van der Waals surface area contributed by atoms with E-state index in [4.69, 9.17) is 18.9 Å². The lowest BCUT2D eigenvalue weighted by Gasteiger charge is -2.27. The number of aromatic hydroxyl groups is 1. The van der Waals surface area contributed by atoms with Gasteiger partial charge in [0.25, 0.3) is 5.91 Å². The highest BCUT2D eigenvalue weighted by Crippen LogP contribution is 2.37. The van der Waals surface area contributed by atoms with E-state index < -0.39 is 12.0 Å². The first kappa shape index (κ1) is 21.3. The van der Waals surface area contributed by atoms with Crippen LogP contribution in [-0.2, 0) is 10.2 Å². The van der Waals surface area contributed by atoms with Crippen molar-refractivity contribution in [3.8, 4) is 28.7 Å². The maximum atomic E-state index is 12.5. The molecular formula is C22H26N2O6. The summed E-state index contributed by atoms with van der Waals surface area (Å²) in [5.41, 5.74) is 4.05. The van der Waals surface area contributed by atoms with Crippen LogP contribution in [0.15, 0.2) is 35.4 Å². The van der Waals surface area contributed by atoms with Crippen LogP contribution in [0.5, 0.6) is 28.7 Å². The number of amides is 1. The Balaban J connectivity index is 1.68. The van der Waals surface area contributed by atoms with Gasteiger partial charge in [0, 0.05) is 5.56 Å². The summed E-state index contributed by atoms with van der Waals surface area (Å²) in [7, 11) is 2.86. The molecule has 1 atom stereocenters. The van der Waals surface area contributed by atoms with Gasteiger partial charge in [-0.25, -0.2) is 5.43 Å². The van der Waals surface area contributed by atoms with Crippen LogP contribution in [0.25, 0.3) is 0 Å². The number of phenolic OH excluding ortho intramolecular Hbond substituents is 1. The van der Waals surface area contributed by atoms with Crippen LogP contribution in [-0.4, -0.2) is 44.2 Å². The molecule has 160 valence electrons. The molecule has 1 aliphatic rings. The molecule has 0 saturated carbocycles. The molecule has 1 unspecified atom stereocenters. The van der Waals surface area contributed by atoms with Crippen molar-refractivity contribution in [2.45, 2.75) is 32.3 Å². The number of carbonyl (C=O) groups excluding carboxylic acids is 1. The number of fused-ring (bicyclic) bond motifs is 1. The molecule has 8 heteroatoms. The van der Waals surface area contributed by atoms with E-state index in [1.807, 2.05) is 18.2 Å². The smallest absolute Gasteiger partial charge is 0.284 e. The molecule has 0 spiro atoms. The molecule has 0 bridgehead atoms. The molecule has 0 aliphatic carbocycles. The molecular weight excluding hydrogens is 388 g/mol. The first-order chi connectivity index (χ1) is 14.2. The number of nitrogens with zero attached hydrogens (tertiary/aromatic N) is 1. The fourth-order valence-electron chi connectivity index (χ4n) is 2.90. The number of ether oxygens (including phenoxy) is 4. The molecule has 2 aromatic rings. The van der Waals surface area contributed by atoms with Gasteiger partial charge in [0.05, 0.1) is 20.4 Å². The second kappa shape index (κ2) is 8.52. The van der Waals surface area contributed by atoms with Gasteiger partial charge in [0.2, 0.25) is 11.9 Å². The van der Waals surface area contributed by atoms with Crippen molar-refractivity contribution in [2.24, 2.45) is 5.10 Å². The Morgan fingerprint density at radius 3 is 2.43 bits per heavy atom. The first-order valence-corrected chi connectivity index (χ1v) is 9.45. The van der Waals surface area contributed by atoms with Gasteiger partial charge in [-0.1, -0.05) is 26.8 Å². The van der Waals surface area contributed by atoms with Crippen molar-refractivity contribution in [3.05, 3.63) is 41.5 Å². The topological polar surface area (TPSA) is 98.6 Å². The molecule has 0 saturated heterocycles. The number of rotatable bonds is 5. The van der Waals surface area contributed by atoms with Gasteiger partial charge in [-0.3, -0.25) is 4.79 Å². The number of hydrazone groups is 1. The van der Waals surface area contributed by atoms with Gasteiger partial charge in [-0.15, -0.1) is 0 Å². The van der Waals surface area contributed by atoms with Crippen molar-refractivity contribution in [1.82, 2.24) is 5.43 Å². The molecule has 1 aliphatic heterocycles. The zero-order chi connectivity index (χ0) is 21.9. The van der Waals surface area contributed by atoms with E-state index in [-0.39, 0.29) is 29.3 Å². The molecule has 0 radical (unpaired) electrons. The summed E-state index contributed by atoms with van der Waals surface area (Å²) in [5.74, 6) is 1.07. The van der Waals surface area contributed by atoms with E-state index in [9.17, 15) is 9.90 Å². The summed E-state index contributed by atoms with van der Waals surface area (Å²) in [5, 5.41) is 13.9. The van der Waals surface area contributed by atoms with Crippen molar-refractivity contribution >= 4 is 12.1 Å². The van der Waals surface area contributed by atoms with E-state index >= 15 is 0 Å². The zero-order valence-electron chi connectivity index (χ0n) is 17.7. The predicted molar refractivity (Wildman–Crippen MR) is 112 cm³/mol. The number of methoxy groups -OCH3 is 2. The lowest BCUT2D eigenvalue weighted by atomic mass is 9.87. The van der Waals surface area contributed by atoms with E-state index in [0.717, 1.165) is 5.56 Å². The van der Waals surface area contributed by atoms with Crippen molar-refractivity contribution in [1.29, 1.82) is 0 Å². The standard InChI is InChI=1S/C22H26N2O6/c1-22(2,3)14-6-7-15-16(10-14)30-19(12-29-15)21(26)24-23-11-13-8-17(27-4)20(25)18(9-13)28-5/h6-11,19,25H,12H2,1-5H3,(H,24,26)/b23-11+. The fraction of sp³-hybridized carbons (Fsp3) is 0.364. The maximum Gasteiger partial charge on any atom is 0.284 e. The minimum absolute atomic E-state index is 0.0515. The Labute approximate surface area is 175 Å². The Morgan fingerprint density at radius 1 is 1.17 bits per heavy atom. The molecule has 1 heterocycles. The minimum atomic E-state index is -0.825. The van der Waals surface area contributed by atoms with Gasteiger partial charge in [0.1, 0.15) is 6.61 Å². The molecule has 0 aromatic heterocycles. The van der Waals surface area contributed by atoms with Crippen LogP contribution in [0.2, 0.25) is 0 Å². The minimum Gasteiger partial charge on any atom is -0.502 e. The maximum absolute atomic E-state index is 12.5. The lowest BCUT2D eigenvalue weighted by Crippen LogP contribution is -2.42. The van der Waals surface area contributed by atoms with Crippen molar-refractivity contribution < 1.29 is 28.8 Å². The first-order valence-electron chi connectivity index (χ1n) is 9.45. The summed E-state index contributed by atoms with van der Waals surface area (Å²) in [4.78, 5) is 12.5. The lowest BCUT2D eigenvalue weighted by molar-refractivity contribution is -0.130. The molecule has 8 nitrogen and oxygen atoms in total. The van der Waals surface area contributed by atoms with E-state index in [1.165, 1.54) is 20.4 Å². The summed E-state index contributed by atoms with van der Waals surface area (Å²) in [6.07, 6.45) is 0.589. The molecule has 2 aromatic carbocycles. The number of benzene rings is 2. The van der Waals surface area contributed by atoms with E-state index in [2.05, 4.69) is 31.3 Å². The van der Waals surface area contributed by atoms with Crippen LogP contribution in [0, 0.1) is 0 Å². The second-order valence-corrected chi connectivity index (χ2v) is 7.84. The summed E-state index contributed by atoms with van der Waals surface area (Å²) >= 11 is 0. The summed E-state index contributed by atoms with van der Waals surface area (Å²) in [6.45, 7) is 6.39. The Morgan fingerprint density at radius 2 is 1.83 bits per heavy atom. The van der Waals surface area contributed by atoms with Crippen LogP contribution in [0.4, 0.5) is 0 Å². The van der Waals surface area contributed by atoms with Crippen LogP contribution in [0.3, 0.4) is 0 Å². The monoisotopic (exact) mass is 414 g/mol. The van der Waals surface area contributed by atoms with Gasteiger partial charge in [0.15, 0.2) is 23.0 Å². The number of phenols is 1. The molecule has 1 amide bonds. The second-order valence-electron chi connectivity index (χ2n) is 7.84. The number of nitrogens with one attached hydrogen (secondary N) is 1. The summed E-state index contributed by atoms with van der Waals surface area (Å²) in [6, 6.07) is 8.88. The van der Waals surface area contributed by atoms with Gasteiger partial charge in [-0.2, -0.15) is 5.10 Å². The van der Waals surface area contributed by atoms with Gasteiger partial charge >= 0.3 is 0 Å². The highest BCUT2D eigenvalue weighted by Gasteiger charge is 2.28. The molecule has 0 fully saturated rings. The normalized spacial score (nSPS) is 15.7.